The van der Waals surface area contributed by atoms with Gasteiger partial charge in [0.25, 0.3) is 0 Å². The first-order chi connectivity index (χ1) is 10.4. The zero-order valence-electron chi connectivity index (χ0n) is 14.2. The van der Waals surface area contributed by atoms with Crippen LogP contribution in [-0.4, -0.2) is 17.7 Å². The molecule has 0 aromatic heterocycles. The van der Waals surface area contributed by atoms with Gasteiger partial charge in [0, 0.05) is 24.3 Å². The maximum Gasteiger partial charge on any atom is 0.220 e. The summed E-state index contributed by atoms with van der Waals surface area (Å²) in [6, 6.07) is 0.367. The van der Waals surface area contributed by atoms with Crippen molar-refractivity contribution in [1.29, 1.82) is 0 Å². The van der Waals surface area contributed by atoms with Crippen molar-refractivity contribution in [3.63, 3.8) is 0 Å². The quantitative estimate of drug-likeness (QED) is 0.746. The summed E-state index contributed by atoms with van der Waals surface area (Å²) >= 11 is 0. The topological polar surface area (TPSA) is 46.2 Å². The summed E-state index contributed by atoms with van der Waals surface area (Å²) in [5.41, 5.74) is 0.200. The number of hydrogen-bond donors (Lipinski definition) is 1. The van der Waals surface area contributed by atoms with E-state index in [9.17, 15) is 9.59 Å². The van der Waals surface area contributed by atoms with E-state index >= 15 is 0 Å². The molecule has 1 saturated heterocycles. The monoisotopic (exact) mass is 303 g/mol. The van der Waals surface area contributed by atoms with E-state index in [1.54, 1.807) is 0 Å². The zero-order chi connectivity index (χ0) is 15.7. The molecule has 122 valence electrons. The Balaban J connectivity index is 1.68. The number of carbonyl (C=O) groups is 2. The van der Waals surface area contributed by atoms with Gasteiger partial charge in [0.05, 0.1) is 0 Å². The zero-order valence-corrected chi connectivity index (χ0v) is 14.2. The molecule has 4 aliphatic rings. The SMILES string of the molecule is CC1CC(=O)[C@@]2(C)CC[C@H]3[C@@H](CC[C@H]4NC(=O)CC[C@@]43C)[C@H]12. The minimum Gasteiger partial charge on any atom is -0.353 e. The first-order valence-corrected chi connectivity index (χ1v) is 9.19. The highest BCUT2D eigenvalue weighted by atomic mass is 16.1. The Bertz CT molecular complexity index is 530. The van der Waals surface area contributed by atoms with Crippen LogP contribution in [0, 0.1) is 34.5 Å². The summed E-state index contributed by atoms with van der Waals surface area (Å²) in [6.45, 7) is 6.96. The predicted molar refractivity (Wildman–Crippen MR) is 85.1 cm³/mol. The molecule has 1 N–H and O–H groups in total. The lowest BCUT2D eigenvalue weighted by Gasteiger charge is -2.59. The maximum absolute atomic E-state index is 12.6. The van der Waals surface area contributed by atoms with Crippen molar-refractivity contribution >= 4 is 11.7 Å². The number of rotatable bonds is 0. The van der Waals surface area contributed by atoms with Gasteiger partial charge in [0.1, 0.15) is 5.78 Å². The molecule has 3 heteroatoms. The molecule has 1 unspecified atom stereocenters. The van der Waals surface area contributed by atoms with Crippen LogP contribution in [0.1, 0.15) is 65.7 Å². The maximum atomic E-state index is 12.6. The summed E-state index contributed by atoms with van der Waals surface area (Å²) in [6.07, 6.45) is 7.07. The molecule has 3 nitrogen and oxygen atoms in total. The second kappa shape index (κ2) is 4.58. The van der Waals surface area contributed by atoms with E-state index in [0.29, 0.717) is 41.9 Å². The van der Waals surface area contributed by atoms with Crippen LogP contribution in [-0.2, 0) is 9.59 Å². The highest BCUT2D eigenvalue weighted by molar-refractivity contribution is 5.87. The minimum atomic E-state index is -0.0539. The molecule has 1 heterocycles. The van der Waals surface area contributed by atoms with Gasteiger partial charge in [-0.2, -0.15) is 0 Å². The average Bonchev–Trinajstić information content (AvgIpc) is 2.70. The molecule has 0 bridgehead atoms. The third kappa shape index (κ3) is 1.74. The average molecular weight is 303 g/mol. The van der Waals surface area contributed by atoms with E-state index in [1.807, 2.05) is 0 Å². The van der Waals surface area contributed by atoms with E-state index in [2.05, 4.69) is 26.1 Å². The van der Waals surface area contributed by atoms with Crippen LogP contribution in [0.15, 0.2) is 0 Å². The summed E-state index contributed by atoms with van der Waals surface area (Å²) < 4.78 is 0. The summed E-state index contributed by atoms with van der Waals surface area (Å²) in [4.78, 5) is 24.4. The molecule has 0 aromatic carbocycles. The number of Topliss-reactive ketones (excluding diaryl/α,β-unsaturated/α-hetero) is 1. The van der Waals surface area contributed by atoms with Gasteiger partial charge in [0.15, 0.2) is 0 Å². The molecular weight excluding hydrogens is 274 g/mol. The van der Waals surface area contributed by atoms with Crippen molar-refractivity contribution in [2.75, 3.05) is 0 Å². The third-order valence-corrected chi connectivity index (χ3v) is 8.10. The number of amides is 1. The third-order valence-electron chi connectivity index (χ3n) is 8.10. The van der Waals surface area contributed by atoms with Gasteiger partial charge in [0.2, 0.25) is 5.91 Å². The molecule has 1 aliphatic heterocycles. The van der Waals surface area contributed by atoms with Crippen LogP contribution >= 0.6 is 0 Å². The summed E-state index contributed by atoms with van der Waals surface area (Å²) in [7, 11) is 0. The highest BCUT2D eigenvalue weighted by Crippen LogP contribution is 2.64. The largest absolute Gasteiger partial charge is 0.353 e. The van der Waals surface area contributed by atoms with Gasteiger partial charge < -0.3 is 5.32 Å². The molecule has 22 heavy (non-hydrogen) atoms. The van der Waals surface area contributed by atoms with E-state index in [1.165, 1.54) is 12.8 Å². The van der Waals surface area contributed by atoms with Gasteiger partial charge in [-0.1, -0.05) is 20.8 Å². The molecule has 7 atom stereocenters. The fourth-order valence-electron chi connectivity index (χ4n) is 6.98. The molecular formula is C19H29NO2. The fourth-order valence-corrected chi connectivity index (χ4v) is 6.98. The van der Waals surface area contributed by atoms with Gasteiger partial charge in [-0.15, -0.1) is 0 Å². The van der Waals surface area contributed by atoms with Gasteiger partial charge in [-0.05, 0) is 61.2 Å². The standard InChI is InChI=1S/C19H29NO2/c1-11-10-15(21)19(3)8-6-13-12(17(11)19)4-5-14-18(13,2)9-7-16(22)20-14/h11-14,17H,4-10H2,1-3H3,(H,20,22)/t11?,12-,13+,14-,17+,18-,19-/m1/s1. The Morgan fingerprint density at radius 3 is 2.64 bits per heavy atom. The van der Waals surface area contributed by atoms with Crippen molar-refractivity contribution in [2.45, 2.75) is 71.8 Å². The van der Waals surface area contributed by atoms with Crippen molar-refractivity contribution in [3.05, 3.63) is 0 Å². The van der Waals surface area contributed by atoms with E-state index in [4.69, 9.17) is 0 Å². The molecule has 0 spiro atoms. The van der Waals surface area contributed by atoms with Crippen LogP contribution in [0.3, 0.4) is 0 Å². The second-order valence-corrected chi connectivity index (χ2v) is 9.06. The van der Waals surface area contributed by atoms with Crippen LogP contribution in [0.25, 0.3) is 0 Å². The van der Waals surface area contributed by atoms with Crippen molar-refractivity contribution in [3.8, 4) is 0 Å². The number of piperidine rings is 1. The van der Waals surface area contributed by atoms with Gasteiger partial charge in [-0.3, -0.25) is 9.59 Å². The van der Waals surface area contributed by atoms with Crippen LogP contribution in [0.5, 0.6) is 0 Å². The predicted octanol–water partition coefficient (Wildman–Crippen LogP) is 3.32. The minimum absolute atomic E-state index is 0.0539. The number of fused-ring (bicyclic) bond motifs is 5. The summed E-state index contributed by atoms with van der Waals surface area (Å²) in [5, 5.41) is 3.28. The first-order valence-electron chi connectivity index (χ1n) is 9.19. The first kappa shape index (κ1) is 14.7. The Morgan fingerprint density at radius 2 is 1.86 bits per heavy atom. The summed E-state index contributed by atoms with van der Waals surface area (Å²) in [5.74, 6) is 3.27. The van der Waals surface area contributed by atoms with E-state index in [-0.39, 0.29) is 16.7 Å². The lowest BCUT2D eigenvalue weighted by molar-refractivity contribution is -0.142. The Hall–Kier alpha value is -0.860. The molecule has 0 radical (unpaired) electrons. The number of carbonyl (C=O) groups excluding carboxylic acids is 2. The molecule has 4 fully saturated rings. The van der Waals surface area contributed by atoms with Crippen molar-refractivity contribution in [1.82, 2.24) is 5.32 Å². The van der Waals surface area contributed by atoms with E-state index < -0.39 is 0 Å². The number of nitrogens with one attached hydrogen (secondary N) is 1. The van der Waals surface area contributed by atoms with Crippen molar-refractivity contribution in [2.24, 2.45) is 34.5 Å². The molecule has 1 amide bonds. The Morgan fingerprint density at radius 1 is 1.09 bits per heavy atom. The number of ketones is 1. The van der Waals surface area contributed by atoms with Crippen LogP contribution in [0.4, 0.5) is 0 Å². The molecule has 4 rings (SSSR count). The van der Waals surface area contributed by atoms with Crippen molar-refractivity contribution < 1.29 is 9.59 Å². The van der Waals surface area contributed by atoms with Crippen LogP contribution < -0.4 is 5.32 Å². The normalized spacial score (nSPS) is 54.2. The van der Waals surface area contributed by atoms with Gasteiger partial charge in [-0.25, -0.2) is 0 Å². The highest BCUT2D eigenvalue weighted by Gasteiger charge is 2.62. The molecule has 3 saturated carbocycles. The lowest BCUT2D eigenvalue weighted by atomic mass is 9.47. The van der Waals surface area contributed by atoms with E-state index in [0.717, 1.165) is 25.7 Å². The lowest BCUT2D eigenvalue weighted by Crippen LogP contribution is -2.61. The molecule has 0 aromatic rings. The molecule has 3 aliphatic carbocycles. The number of hydrogen-bond acceptors (Lipinski definition) is 2. The Kier molecular flexibility index (Phi) is 3.06. The fraction of sp³-hybridized carbons (Fsp3) is 0.895. The smallest absolute Gasteiger partial charge is 0.220 e. The Labute approximate surface area is 133 Å². The van der Waals surface area contributed by atoms with Crippen LogP contribution in [0.2, 0.25) is 0 Å². The van der Waals surface area contributed by atoms with Gasteiger partial charge >= 0.3 is 0 Å². The second-order valence-electron chi connectivity index (χ2n) is 9.06.